The minimum atomic E-state index is -4.90. The predicted octanol–water partition coefficient (Wildman–Crippen LogP) is 6.95. The molecule has 2 aromatic heterocycles. The monoisotopic (exact) mass is 597 g/mol. The van der Waals surface area contributed by atoms with Crippen LogP contribution in [-0.2, 0) is 17.5 Å². The number of carbonyl (C=O) groups is 1. The van der Waals surface area contributed by atoms with Gasteiger partial charge in [-0.1, -0.05) is 17.3 Å². The number of carboxylic acid groups (broad SMARTS) is 1. The number of halogens is 6. The van der Waals surface area contributed by atoms with E-state index in [1.54, 1.807) is 6.07 Å². The van der Waals surface area contributed by atoms with Gasteiger partial charge >= 0.3 is 18.5 Å². The molecule has 8 nitrogen and oxygen atoms in total. The Morgan fingerprint density at radius 2 is 1.74 bits per heavy atom. The van der Waals surface area contributed by atoms with E-state index < -0.39 is 35.4 Å². The van der Waals surface area contributed by atoms with E-state index in [-0.39, 0.29) is 47.8 Å². The topological polar surface area (TPSA) is 97.9 Å². The van der Waals surface area contributed by atoms with E-state index in [9.17, 15) is 36.2 Å². The van der Waals surface area contributed by atoms with Gasteiger partial charge in [0.05, 0.1) is 23.8 Å². The summed E-state index contributed by atoms with van der Waals surface area (Å²) >= 11 is 0. The first-order chi connectivity index (χ1) is 19.9. The zero-order chi connectivity index (χ0) is 29.8. The van der Waals surface area contributed by atoms with Crippen LogP contribution in [-0.4, -0.2) is 45.8 Å². The Bertz CT molecular complexity index is 1470. The molecule has 2 bridgehead atoms. The van der Waals surface area contributed by atoms with Crippen molar-refractivity contribution in [2.24, 2.45) is 0 Å². The molecule has 0 spiro atoms. The van der Waals surface area contributed by atoms with Crippen LogP contribution in [0.15, 0.2) is 41.1 Å². The van der Waals surface area contributed by atoms with Crippen LogP contribution in [0.4, 0.5) is 32.2 Å². The van der Waals surface area contributed by atoms with E-state index >= 15 is 0 Å². The second-order valence-electron chi connectivity index (χ2n) is 10.8. The first-order valence-electron chi connectivity index (χ1n) is 13.4. The molecule has 42 heavy (non-hydrogen) atoms. The average molecular weight is 598 g/mol. The van der Waals surface area contributed by atoms with E-state index in [1.807, 2.05) is 4.90 Å². The zero-order valence-electron chi connectivity index (χ0n) is 21.9. The molecule has 1 saturated carbocycles. The van der Waals surface area contributed by atoms with Gasteiger partial charge in [-0.05, 0) is 56.7 Å². The van der Waals surface area contributed by atoms with E-state index in [0.717, 1.165) is 25.1 Å². The maximum Gasteiger partial charge on any atom is 0.573 e. The fourth-order valence-electron chi connectivity index (χ4n) is 6.04. The highest BCUT2D eigenvalue weighted by atomic mass is 19.4. The lowest BCUT2D eigenvalue weighted by atomic mass is 9.98. The molecule has 1 N–H and O–H groups in total. The molecule has 0 amide bonds. The van der Waals surface area contributed by atoms with E-state index in [2.05, 4.69) is 14.9 Å². The summed E-state index contributed by atoms with van der Waals surface area (Å²) in [5, 5.41) is 13.3. The summed E-state index contributed by atoms with van der Waals surface area (Å²) in [5.74, 6) is -1.39. The lowest BCUT2D eigenvalue weighted by Crippen LogP contribution is -2.46. The Kier molecular flexibility index (Phi) is 7.06. The largest absolute Gasteiger partial charge is 0.573 e. The number of benzene rings is 1. The highest BCUT2D eigenvalue weighted by Gasteiger charge is 2.44. The summed E-state index contributed by atoms with van der Waals surface area (Å²) in [5.41, 5.74) is -1.28. The lowest BCUT2D eigenvalue weighted by Gasteiger charge is -2.40. The van der Waals surface area contributed by atoms with E-state index in [0.29, 0.717) is 37.0 Å². The number of hydrogen-bond acceptors (Lipinski definition) is 7. The summed E-state index contributed by atoms with van der Waals surface area (Å²) in [6.45, 7) is 0.0267. The molecule has 1 aliphatic carbocycles. The van der Waals surface area contributed by atoms with Gasteiger partial charge in [0.2, 0.25) is 0 Å². The Morgan fingerprint density at radius 1 is 1.05 bits per heavy atom. The number of piperidine rings is 1. The minimum absolute atomic E-state index is 0.0267. The van der Waals surface area contributed by atoms with Crippen molar-refractivity contribution in [3.8, 4) is 17.0 Å². The van der Waals surface area contributed by atoms with Gasteiger partial charge in [-0.15, -0.1) is 13.2 Å². The van der Waals surface area contributed by atoms with Crippen LogP contribution < -0.4 is 9.64 Å². The maximum absolute atomic E-state index is 13.6. The molecule has 4 heterocycles. The third kappa shape index (κ3) is 5.63. The molecule has 1 aromatic carbocycles. The van der Waals surface area contributed by atoms with Gasteiger partial charge in [0.25, 0.3) is 0 Å². The quantitative estimate of drug-likeness (QED) is 0.279. The molecule has 3 aliphatic rings. The summed E-state index contributed by atoms with van der Waals surface area (Å²) in [6, 6.07) is 6.11. The SMILES string of the molecule is O=C(O)c1cnc(N2[C@@H]3CC[C@H]2C[C@@H](OCc2c(-c4ccccc4OC(F)(F)F)noc2C2CC2)C3)cc1C(F)(F)F. The predicted molar refractivity (Wildman–Crippen MR) is 134 cm³/mol. The number of rotatable bonds is 8. The summed E-state index contributed by atoms with van der Waals surface area (Å²) < 4.78 is 96.1. The summed E-state index contributed by atoms with van der Waals surface area (Å²) in [6.07, 6.45) is -5.22. The molecular formula is C28H25F6N3O5. The molecule has 224 valence electrons. The molecule has 3 atom stereocenters. The molecule has 0 radical (unpaired) electrons. The van der Waals surface area contributed by atoms with Crippen molar-refractivity contribution >= 4 is 11.8 Å². The Morgan fingerprint density at radius 3 is 2.36 bits per heavy atom. The van der Waals surface area contributed by atoms with Gasteiger partial charge in [0, 0.05) is 35.3 Å². The van der Waals surface area contributed by atoms with Gasteiger partial charge in [-0.3, -0.25) is 0 Å². The highest BCUT2D eigenvalue weighted by Crippen LogP contribution is 2.47. The molecular weight excluding hydrogens is 572 g/mol. The zero-order valence-corrected chi connectivity index (χ0v) is 21.9. The van der Waals surface area contributed by atoms with Crippen molar-refractivity contribution in [2.45, 2.75) is 81.8 Å². The van der Waals surface area contributed by atoms with Gasteiger partial charge in [0.1, 0.15) is 23.0 Å². The summed E-state index contributed by atoms with van der Waals surface area (Å²) in [7, 11) is 0. The number of aromatic nitrogens is 2. The second kappa shape index (κ2) is 10.5. The van der Waals surface area contributed by atoms with E-state index in [4.69, 9.17) is 9.26 Å². The number of fused-ring (bicyclic) bond motifs is 2. The maximum atomic E-state index is 13.6. The van der Waals surface area contributed by atoms with Crippen LogP contribution in [0.5, 0.6) is 5.75 Å². The average Bonchev–Trinajstić information content (AvgIpc) is 3.62. The normalized spacial score (nSPS) is 22.4. The van der Waals surface area contributed by atoms with Crippen LogP contribution in [0, 0.1) is 0 Å². The van der Waals surface area contributed by atoms with Gasteiger partial charge in [-0.25, -0.2) is 9.78 Å². The number of anilines is 1. The van der Waals surface area contributed by atoms with Crippen molar-refractivity contribution in [3.05, 3.63) is 59.0 Å². The molecule has 2 aliphatic heterocycles. The van der Waals surface area contributed by atoms with Gasteiger partial charge in [0.15, 0.2) is 0 Å². The smallest absolute Gasteiger partial charge is 0.478 e. The van der Waals surface area contributed by atoms with Crippen molar-refractivity contribution < 1.29 is 50.2 Å². The minimum Gasteiger partial charge on any atom is -0.478 e. The lowest BCUT2D eigenvalue weighted by molar-refractivity contribution is -0.274. The Labute approximate surface area is 235 Å². The van der Waals surface area contributed by atoms with Crippen LogP contribution in [0.3, 0.4) is 0 Å². The number of alkyl halides is 6. The van der Waals surface area contributed by atoms with Crippen LogP contribution >= 0.6 is 0 Å². The number of hydrogen-bond donors (Lipinski definition) is 1. The number of pyridine rings is 1. The number of carboxylic acids is 1. The van der Waals surface area contributed by atoms with Crippen molar-refractivity contribution in [1.82, 2.24) is 10.1 Å². The molecule has 0 unspecified atom stereocenters. The van der Waals surface area contributed by atoms with Gasteiger partial charge < -0.3 is 24.0 Å². The number of nitrogens with zero attached hydrogens (tertiary/aromatic N) is 3. The fourth-order valence-corrected chi connectivity index (χ4v) is 6.04. The molecule has 14 heteroatoms. The van der Waals surface area contributed by atoms with Gasteiger partial charge in [-0.2, -0.15) is 13.2 Å². The number of ether oxygens (including phenoxy) is 2. The second-order valence-corrected chi connectivity index (χ2v) is 10.8. The molecule has 3 aromatic rings. The van der Waals surface area contributed by atoms with Crippen molar-refractivity contribution in [2.75, 3.05) is 4.90 Å². The fraction of sp³-hybridized carbons (Fsp3) is 0.464. The molecule has 3 fully saturated rings. The van der Waals surface area contributed by atoms with Crippen LogP contribution in [0.1, 0.15) is 71.7 Å². The molecule has 6 rings (SSSR count). The Hall–Kier alpha value is -3.81. The van der Waals surface area contributed by atoms with Crippen molar-refractivity contribution in [1.29, 1.82) is 0 Å². The first kappa shape index (κ1) is 28.3. The van der Waals surface area contributed by atoms with Crippen LogP contribution in [0.25, 0.3) is 11.3 Å². The van der Waals surface area contributed by atoms with Crippen molar-refractivity contribution in [3.63, 3.8) is 0 Å². The standard InChI is InChI=1S/C28H25F6N3O5/c29-27(30,31)21-11-23(35-12-19(21)26(38)39)37-15-7-8-16(37)10-17(9-15)40-13-20-24(36-42-25(20)14-5-6-14)18-3-1-2-4-22(18)41-28(32,33)34/h1-4,11-12,14-17H,5-10,13H2,(H,38,39)/t15-,16+,17+. The third-order valence-corrected chi connectivity index (χ3v) is 7.98. The Balaban J connectivity index is 1.21. The third-order valence-electron chi connectivity index (χ3n) is 7.98. The molecule has 2 saturated heterocycles. The van der Waals surface area contributed by atoms with Crippen LogP contribution in [0.2, 0.25) is 0 Å². The number of aromatic carboxylic acids is 1. The first-order valence-corrected chi connectivity index (χ1v) is 13.4. The summed E-state index contributed by atoms with van der Waals surface area (Å²) in [4.78, 5) is 17.2. The number of para-hydroxylation sites is 1. The van der Waals surface area contributed by atoms with E-state index in [1.165, 1.54) is 18.2 Å². The highest BCUT2D eigenvalue weighted by molar-refractivity contribution is 5.89.